The highest BCUT2D eigenvalue weighted by molar-refractivity contribution is 5.28. The molecule has 0 bridgehead atoms. The fraction of sp³-hybridized carbons (Fsp3) is 0.364. The molecule has 0 saturated carbocycles. The molecular formula is C11H13N3O. The van der Waals surface area contributed by atoms with Gasteiger partial charge in [-0.2, -0.15) is 5.10 Å². The van der Waals surface area contributed by atoms with Gasteiger partial charge in [0.15, 0.2) is 0 Å². The first-order valence-electron chi connectivity index (χ1n) is 5.13. The summed E-state index contributed by atoms with van der Waals surface area (Å²) in [6, 6.07) is 3.88. The molecule has 1 aliphatic heterocycles. The van der Waals surface area contributed by atoms with Crippen LogP contribution in [0.2, 0.25) is 0 Å². The van der Waals surface area contributed by atoms with E-state index in [9.17, 15) is 0 Å². The van der Waals surface area contributed by atoms with Crippen LogP contribution in [0.4, 0.5) is 0 Å². The van der Waals surface area contributed by atoms with Crippen molar-refractivity contribution in [1.29, 1.82) is 0 Å². The van der Waals surface area contributed by atoms with Crippen LogP contribution in [-0.4, -0.2) is 9.78 Å². The van der Waals surface area contributed by atoms with Crippen molar-refractivity contribution in [3.63, 3.8) is 0 Å². The first-order valence-corrected chi connectivity index (χ1v) is 5.13. The van der Waals surface area contributed by atoms with Gasteiger partial charge in [0.05, 0.1) is 18.5 Å². The molecule has 0 radical (unpaired) electrons. The highest BCUT2D eigenvalue weighted by Crippen LogP contribution is 2.19. The lowest BCUT2D eigenvalue weighted by Crippen LogP contribution is -2.09. The van der Waals surface area contributed by atoms with Gasteiger partial charge in [-0.05, 0) is 19.1 Å². The zero-order valence-corrected chi connectivity index (χ0v) is 8.66. The normalized spacial score (nSPS) is 14.5. The molecule has 3 heterocycles. The van der Waals surface area contributed by atoms with Crippen LogP contribution >= 0.6 is 0 Å². The van der Waals surface area contributed by atoms with Crippen LogP contribution in [0.15, 0.2) is 22.8 Å². The van der Waals surface area contributed by atoms with E-state index in [1.54, 1.807) is 6.26 Å². The largest absolute Gasteiger partial charge is 0.467 e. The third-order valence-electron chi connectivity index (χ3n) is 2.89. The zero-order chi connectivity index (χ0) is 10.3. The maximum absolute atomic E-state index is 5.32. The Kier molecular flexibility index (Phi) is 1.89. The van der Waals surface area contributed by atoms with Crippen molar-refractivity contribution in [3.8, 4) is 0 Å². The summed E-state index contributed by atoms with van der Waals surface area (Å²) in [7, 11) is 0. The highest BCUT2D eigenvalue weighted by Gasteiger charge is 2.19. The lowest BCUT2D eigenvalue weighted by Gasteiger charge is -2.03. The third-order valence-corrected chi connectivity index (χ3v) is 2.89. The minimum Gasteiger partial charge on any atom is -0.467 e. The second kappa shape index (κ2) is 3.24. The number of nitrogens with zero attached hydrogens (tertiary/aromatic N) is 2. The van der Waals surface area contributed by atoms with E-state index in [0.717, 1.165) is 25.4 Å². The van der Waals surface area contributed by atoms with Crippen molar-refractivity contribution < 1.29 is 4.42 Å². The molecule has 0 saturated heterocycles. The van der Waals surface area contributed by atoms with Gasteiger partial charge in [-0.15, -0.1) is 0 Å². The zero-order valence-electron chi connectivity index (χ0n) is 8.66. The minimum atomic E-state index is 0.728. The second-order valence-corrected chi connectivity index (χ2v) is 3.85. The van der Waals surface area contributed by atoms with E-state index < -0.39 is 0 Å². The molecule has 0 aromatic carbocycles. The van der Waals surface area contributed by atoms with Gasteiger partial charge < -0.3 is 9.73 Å². The average Bonchev–Trinajstić information content (AvgIpc) is 2.89. The molecule has 0 spiro atoms. The smallest absolute Gasteiger partial charge is 0.125 e. The van der Waals surface area contributed by atoms with E-state index >= 15 is 0 Å². The molecule has 0 unspecified atom stereocenters. The summed E-state index contributed by atoms with van der Waals surface area (Å²) in [5.41, 5.74) is 3.77. The molecular weight excluding hydrogens is 190 g/mol. The molecule has 0 amide bonds. The molecule has 2 aromatic rings. The predicted octanol–water partition coefficient (Wildman–Crippen LogP) is 1.44. The first-order chi connectivity index (χ1) is 7.34. The van der Waals surface area contributed by atoms with Gasteiger partial charge in [-0.1, -0.05) is 0 Å². The Balaban J connectivity index is 1.93. The number of hydrogen-bond acceptors (Lipinski definition) is 3. The number of fused-ring (bicyclic) bond motifs is 1. The van der Waals surface area contributed by atoms with E-state index in [-0.39, 0.29) is 0 Å². The van der Waals surface area contributed by atoms with Crippen molar-refractivity contribution in [1.82, 2.24) is 15.1 Å². The van der Waals surface area contributed by atoms with Crippen molar-refractivity contribution in [2.24, 2.45) is 0 Å². The van der Waals surface area contributed by atoms with Crippen LogP contribution in [0, 0.1) is 6.92 Å². The quantitative estimate of drug-likeness (QED) is 0.803. The maximum Gasteiger partial charge on any atom is 0.125 e. The molecule has 0 fully saturated rings. The summed E-state index contributed by atoms with van der Waals surface area (Å²) < 4.78 is 7.33. The molecule has 0 atom stereocenters. The Morgan fingerprint density at radius 1 is 1.53 bits per heavy atom. The minimum absolute atomic E-state index is 0.728. The van der Waals surface area contributed by atoms with Crippen LogP contribution in [-0.2, 0) is 19.6 Å². The summed E-state index contributed by atoms with van der Waals surface area (Å²) in [5.74, 6) is 0.951. The Hall–Kier alpha value is -1.55. The molecule has 1 aliphatic rings. The second-order valence-electron chi connectivity index (χ2n) is 3.85. The topological polar surface area (TPSA) is 43.0 Å². The Morgan fingerprint density at radius 2 is 2.47 bits per heavy atom. The van der Waals surface area contributed by atoms with Crippen molar-refractivity contribution in [2.45, 2.75) is 26.6 Å². The van der Waals surface area contributed by atoms with E-state index in [1.165, 1.54) is 17.0 Å². The lowest BCUT2D eigenvalue weighted by atomic mass is 10.2. The summed E-state index contributed by atoms with van der Waals surface area (Å²) in [6.45, 7) is 4.67. The summed E-state index contributed by atoms with van der Waals surface area (Å²) in [6.07, 6.45) is 1.70. The molecule has 0 aliphatic carbocycles. The van der Waals surface area contributed by atoms with Crippen LogP contribution in [0.25, 0.3) is 0 Å². The number of rotatable bonds is 2. The Bertz CT molecular complexity index is 470. The van der Waals surface area contributed by atoms with Gasteiger partial charge in [-0.3, -0.25) is 4.68 Å². The van der Waals surface area contributed by atoms with Crippen LogP contribution in [0.1, 0.15) is 22.7 Å². The molecule has 2 aromatic heterocycles. The van der Waals surface area contributed by atoms with Crippen LogP contribution < -0.4 is 5.32 Å². The van der Waals surface area contributed by atoms with Gasteiger partial charge in [0, 0.05) is 24.3 Å². The number of nitrogens with one attached hydrogen (secondary N) is 1. The SMILES string of the molecule is Cc1c2c(nn1Cc1ccco1)CNC2. The number of aromatic nitrogens is 2. The van der Waals surface area contributed by atoms with Crippen LogP contribution in [0.5, 0.6) is 0 Å². The molecule has 3 rings (SSSR count). The van der Waals surface area contributed by atoms with Crippen molar-refractivity contribution in [3.05, 3.63) is 41.1 Å². The van der Waals surface area contributed by atoms with E-state index in [0.29, 0.717) is 0 Å². The molecule has 15 heavy (non-hydrogen) atoms. The van der Waals surface area contributed by atoms with Crippen LogP contribution in [0.3, 0.4) is 0 Å². The first kappa shape index (κ1) is 8.73. The van der Waals surface area contributed by atoms with Gasteiger partial charge in [0.25, 0.3) is 0 Å². The molecule has 4 nitrogen and oxygen atoms in total. The number of hydrogen-bond donors (Lipinski definition) is 1. The summed E-state index contributed by atoms with van der Waals surface area (Å²) >= 11 is 0. The van der Waals surface area contributed by atoms with E-state index in [2.05, 4.69) is 17.3 Å². The highest BCUT2D eigenvalue weighted by atomic mass is 16.3. The average molecular weight is 203 g/mol. The van der Waals surface area contributed by atoms with Crippen molar-refractivity contribution >= 4 is 0 Å². The van der Waals surface area contributed by atoms with Gasteiger partial charge in [-0.25, -0.2) is 0 Å². The lowest BCUT2D eigenvalue weighted by molar-refractivity contribution is 0.473. The summed E-state index contributed by atoms with van der Waals surface area (Å²) in [4.78, 5) is 0. The standard InChI is InChI=1S/C11H13N3O/c1-8-10-5-12-6-11(10)13-14(8)7-9-3-2-4-15-9/h2-4,12H,5-7H2,1H3. The predicted molar refractivity (Wildman–Crippen MR) is 55.3 cm³/mol. The third kappa shape index (κ3) is 1.37. The van der Waals surface area contributed by atoms with Gasteiger partial charge in [0.2, 0.25) is 0 Å². The Labute approximate surface area is 87.9 Å². The molecule has 78 valence electrons. The fourth-order valence-corrected chi connectivity index (χ4v) is 2.03. The Morgan fingerprint density at radius 3 is 3.20 bits per heavy atom. The molecule has 1 N–H and O–H groups in total. The van der Waals surface area contributed by atoms with E-state index in [1.807, 2.05) is 16.8 Å². The molecule has 4 heteroatoms. The van der Waals surface area contributed by atoms with Crippen molar-refractivity contribution in [2.75, 3.05) is 0 Å². The fourth-order valence-electron chi connectivity index (χ4n) is 2.03. The van der Waals surface area contributed by atoms with Gasteiger partial charge in [0.1, 0.15) is 5.76 Å². The van der Waals surface area contributed by atoms with Gasteiger partial charge >= 0.3 is 0 Å². The maximum atomic E-state index is 5.32. The monoisotopic (exact) mass is 203 g/mol. The number of furan rings is 1. The van der Waals surface area contributed by atoms with E-state index in [4.69, 9.17) is 4.42 Å². The summed E-state index contributed by atoms with van der Waals surface area (Å²) in [5, 5.41) is 7.85.